The van der Waals surface area contributed by atoms with Gasteiger partial charge < -0.3 is 49.6 Å². The first-order chi connectivity index (χ1) is 13.9. The van der Waals surface area contributed by atoms with E-state index in [0.29, 0.717) is 0 Å². The van der Waals surface area contributed by atoms with Crippen LogP contribution in [0.5, 0.6) is 0 Å². The Bertz CT molecular complexity index is 774. The number of hydrogen-bond acceptors (Lipinski definition) is 14. The summed E-state index contributed by atoms with van der Waals surface area (Å²) < 4.78 is 82.2. The van der Waals surface area contributed by atoms with Gasteiger partial charge >= 0.3 is 0 Å². The molecule has 0 spiro atoms. The quantitative estimate of drug-likeness (QED) is 0.114. The van der Waals surface area contributed by atoms with Crippen molar-refractivity contribution in [1.29, 1.82) is 0 Å². The summed E-state index contributed by atoms with van der Waals surface area (Å²) in [5.41, 5.74) is -5.24. The van der Waals surface area contributed by atoms with Crippen molar-refractivity contribution in [2.24, 2.45) is 0 Å². The standard InChI is InChI=1S/C13H24O16S2/c1-13(2,28-11-5(16)3(14)7(26-11)9(18)30(20,21)22)29-12-6(17)4(15)8(27-12)10(19)31(23,24)25/h3-12,14-19H,1-2H3,(H,20,21,22)(H,23,24,25)/t3-,4-,5+,6+,7-,8-,9?,10?,11-,12-/m0/s1. The van der Waals surface area contributed by atoms with Gasteiger partial charge in [-0.2, -0.15) is 16.8 Å². The van der Waals surface area contributed by atoms with Gasteiger partial charge in [0.25, 0.3) is 20.2 Å². The van der Waals surface area contributed by atoms with Crippen molar-refractivity contribution >= 4 is 20.2 Å². The summed E-state index contributed by atoms with van der Waals surface area (Å²) in [6.07, 6.45) is -15.5. The van der Waals surface area contributed by atoms with Crippen LogP contribution in [0.3, 0.4) is 0 Å². The molecule has 10 atom stereocenters. The predicted octanol–water partition coefficient (Wildman–Crippen LogP) is -4.94. The summed E-state index contributed by atoms with van der Waals surface area (Å²) in [6, 6.07) is 0. The van der Waals surface area contributed by atoms with E-state index in [1.54, 1.807) is 0 Å². The maximum atomic E-state index is 11.0. The van der Waals surface area contributed by atoms with Crippen molar-refractivity contribution in [1.82, 2.24) is 0 Å². The molecule has 0 bridgehead atoms. The Balaban J connectivity index is 2.08. The Labute approximate surface area is 176 Å². The molecule has 184 valence electrons. The van der Waals surface area contributed by atoms with E-state index in [2.05, 4.69) is 0 Å². The van der Waals surface area contributed by atoms with Gasteiger partial charge in [-0.25, -0.2) is 0 Å². The highest BCUT2D eigenvalue weighted by molar-refractivity contribution is 7.86. The van der Waals surface area contributed by atoms with Crippen LogP contribution in [0.4, 0.5) is 0 Å². The lowest BCUT2D eigenvalue weighted by Gasteiger charge is -2.33. The minimum atomic E-state index is -5.07. The van der Waals surface area contributed by atoms with Crippen molar-refractivity contribution in [3.05, 3.63) is 0 Å². The van der Waals surface area contributed by atoms with E-state index in [1.165, 1.54) is 0 Å². The Morgan fingerprint density at radius 3 is 1.26 bits per heavy atom. The summed E-state index contributed by atoms with van der Waals surface area (Å²) in [5.74, 6) is -1.91. The molecule has 2 aliphatic rings. The van der Waals surface area contributed by atoms with Crippen molar-refractivity contribution in [2.45, 2.75) is 79.7 Å². The van der Waals surface area contributed by atoms with Crippen molar-refractivity contribution in [3.8, 4) is 0 Å². The summed E-state index contributed by atoms with van der Waals surface area (Å²) in [4.78, 5) is 0. The van der Waals surface area contributed by atoms with Gasteiger partial charge in [-0.1, -0.05) is 0 Å². The molecule has 2 unspecified atom stereocenters. The van der Waals surface area contributed by atoms with Crippen molar-refractivity contribution in [2.75, 3.05) is 0 Å². The SMILES string of the molecule is CC(C)(O[C@@H]1O[C@H](C(O)S(=O)(=O)O)[C@@H](O)[C@H]1O)O[C@@H]1O[C@H](C(O)S(=O)(=O)O)[C@@H](O)[C@H]1O. The molecule has 18 heteroatoms. The Kier molecular flexibility index (Phi) is 7.73. The highest BCUT2D eigenvalue weighted by Crippen LogP contribution is 2.33. The average Bonchev–Trinajstić information content (AvgIpc) is 3.03. The molecule has 2 aliphatic heterocycles. The molecule has 0 aromatic carbocycles. The molecule has 8 N–H and O–H groups in total. The van der Waals surface area contributed by atoms with Crippen LogP contribution >= 0.6 is 0 Å². The maximum Gasteiger partial charge on any atom is 0.294 e. The van der Waals surface area contributed by atoms with E-state index in [4.69, 9.17) is 28.1 Å². The van der Waals surface area contributed by atoms with Crippen molar-refractivity contribution in [3.63, 3.8) is 0 Å². The zero-order valence-electron chi connectivity index (χ0n) is 15.9. The lowest BCUT2D eigenvalue weighted by atomic mass is 10.1. The lowest BCUT2D eigenvalue weighted by Crippen LogP contribution is -2.45. The van der Waals surface area contributed by atoms with Gasteiger partial charge in [-0.15, -0.1) is 0 Å². The van der Waals surface area contributed by atoms with Crippen LogP contribution in [0.2, 0.25) is 0 Å². The highest BCUT2D eigenvalue weighted by atomic mass is 32.2. The molecule has 0 aliphatic carbocycles. The van der Waals surface area contributed by atoms with E-state index in [-0.39, 0.29) is 0 Å². The summed E-state index contributed by atoms with van der Waals surface area (Å²) >= 11 is 0. The van der Waals surface area contributed by atoms with Crippen molar-refractivity contribution < 1.29 is 75.5 Å². The van der Waals surface area contributed by atoms with Gasteiger partial charge in [-0.3, -0.25) is 9.11 Å². The molecule has 0 radical (unpaired) electrons. The van der Waals surface area contributed by atoms with E-state index in [1.807, 2.05) is 0 Å². The fourth-order valence-corrected chi connectivity index (χ4v) is 4.06. The van der Waals surface area contributed by atoms with Crippen LogP contribution in [-0.2, 0) is 39.2 Å². The van der Waals surface area contributed by atoms with E-state index in [0.717, 1.165) is 13.8 Å². The average molecular weight is 500 g/mol. The molecule has 0 aromatic heterocycles. The molecule has 16 nitrogen and oxygen atoms in total. The molecule has 2 rings (SSSR count). The molecule has 2 saturated heterocycles. The third kappa shape index (κ3) is 5.86. The van der Waals surface area contributed by atoms with Gasteiger partial charge in [0.1, 0.15) is 36.6 Å². The molecular formula is C13H24O16S2. The molecule has 0 amide bonds. The first kappa shape index (κ1) is 26.7. The highest BCUT2D eigenvalue weighted by Gasteiger charge is 2.54. The number of rotatable bonds is 8. The first-order valence-corrected chi connectivity index (χ1v) is 11.5. The molecular weight excluding hydrogens is 476 g/mol. The van der Waals surface area contributed by atoms with Gasteiger partial charge in [-0.05, 0) is 13.8 Å². The second kappa shape index (κ2) is 8.99. The first-order valence-electron chi connectivity index (χ1n) is 8.54. The van der Waals surface area contributed by atoms with E-state index < -0.39 is 86.1 Å². The zero-order valence-corrected chi connectivity index (χ0v) is 17.6. The molecule has 2 heterocycles. The Morgan fingerprint density at radius 1 is 0.710 bits per heavy atom. The van der Waals surface area contributed by atoms with Crippen LogP contribution in [0.25, 0.3) is 0 Å². The van der Waals surface area contributed by atoms with Gasteiger partial charge in [0, 0.05) is 0 Å². The van der Waals surface area contributed by atoms with E-state index >= 15 is 0 Å². The summed E-state index contributed by atoms with van der Waals surface area (Å²) in [7, 11) is -10.1. The fraction of sp³-hybridized carbons (Fsp3) is 1.00. The smallest absolute Gasteiger partial charge is 0.294 e. The van der Waals surface area contributed by atoms with Crippen LogP contribution in [-0.4, -0.2) is 122 Å². The third-order valence-electron chi connectivity index (χ3n) is 4.49. The second-order valence-corrected chi connectivity index (χ2v) is 10.4. The van der Waals surface area contributed by atoms with Crippen LogP contribution < -0.4 is 0 Å². The number of aliphatic hydroxyl groups excluding tert-OH is 6. The fourth-order valence-electron chi connectivity index (χ4n) is 2.94. The largest absolute Gasteiger partial charge is 0.387 e. The minimum Gasteiger partial charge on any atom is -0.387 e. The maximum absolute atomic E-state index is 11.0. The van der Waals surface area contributed by atoms with Crippen LogP contribution in [0.1, 0.15) is 13.8 Å². The predicted molar refractivity (Wildman–Crippen MR) is 92.7 cm³/mol. The number of ether oxygens (including phenoxy) is 4. The molecule has 0 saturated carbocycles. The monoisotopic (exact) mass is 500 g/mol. The normalized spacial score (nSPS) is 39.5. The topological polar surface area (TPSA) is 267 Å². The summed E-state index contributed by atoms with van der Waals surface area (Å²) in [6.45, 7) is 2.30. The molecule has 0 aromatic rings. The van der Waals surface area contributed by atoms with Gasteiger partial charge in [0.05, 0.1) is 0 Å². The minimum absolute atomic E-state index is 1.15. The lowest BCUT2D eigenvalue weighted by molar-refractivity contribution is -0.350. The zero-order chi connectivity index (χ0) is 24.1. The molecule has 31 heavy (non-hydrogen) atoms. The molecule has 2 fully saturated rings. The van der Waals surface area contributed by atoms with Crippen LogP contribution in [0, 0.1) is 0 Å². The Hall–Kier alpha value is -0.580. The van der Waals surface area contributed by atoms with Gasteiger partial charge in [0.2, 0.25) is 10.9 Å². The Morgan fingerprint density at radius 2 is 1.00 bits per heavy atom. The second-order valence-electron chi connectivity index (χ2n) is 7.35. The van der Waals surface area contributed by atoms with Crippen LogP contribution in [0.15, 0.2) is 0 Å². The number of aliphatic hydroxyl groups is 6. The number of hydrogen-bond donors (Lipinski definition) is 8. The third-order valence-corrected chi connectivity index (χ3v) is 6.24. The van der Waals surface area contributed by atoms with Gasteiger partial charge in [0.15, 0.2) is 18.4 Å². The van der Waals surface area contributed by atoms with E-state index in [9.17, 15) is 47.5 Å². The summed E-state index contributed by atoms with van der Waals surface area (Å²) in [5, 5.41) is 58.7.